The van der Waals surface area contributed by atoms with Gasteiger partial charge in [-0.25, -0.2) is 14.4 Å². The van der Waals surface area contributed by atoms with E-state index in [1.54, 1.807) is 24.4 Å². The Morgan fingerprint density at radius 2 is 2.10 bits per heavy atom. The number of pyridine rings is 1. The zero-order valence-corrected chi connectivity index (χ0v) is 17.1. The van der Waals surface area contributed by atoms with E-state index in [1.807, 2.05) is 13.8 Å². The number of fused-ring (bicyclic) bond motifs is 1. The second-order valence-corrected chi connectivity index (χ2v) is 8.44. The van der Waals surface area contributed by atoms with Gasteiger partial charge in [0.05, 0.1) is 16.3 Å². The molecule has 2 N–H and O–H groups in total. The van der Waals surface area contributed by atoms with E-state index in [0.29, 0.717) is 11.4 Å². The lowest BCUT2D eigenvalue weighted by molar-refractivity contribution is 0.0924. The molecule has 3 aromatic rings. The normalized spacial score (nSPS) is 18.9. The number of hydrogen-bond donors (Lipinski definition) is 2. The maximum atomic E-state index is 13.4. The highest BCUT2D eigenvalue weighted by Gasteiger charge is 2.30. The highest BCUT2D eigenvalue weighted by atomic mass is 32.1. The van der Waals surface area contributed by atoms with Crippen LogP contribution in [0.2, 0.25) is 0 Å². The van der Waals surface area contributed by atoms with Crippen LogP contribution >= 0.6 is 11.3 Å². The summed E-state index contributed by atoms with van der Waals surface area (Å²) in [7, 11) is 0. The van der Waals surface area contributed by atoms with Gasteiger partial charge in [0, 0.05) is 18.3 Å². The molecule has 1 aromatic carbocycles. The van der Waals surface area contributed by atoms with Gasteiger partial charge in [-0.2, -0.15) is 0 Å². The van der Waals surface area contributed by atoms with Gasteiger partial charge in [-0.15, -0.1) is 0 Å². The molecule has 152 valence electrons. The van der Waals surface area contributed by atoms with E-state index in [-0.39, 0.29) is 29.9 Å². The Balaban J connectivity index is 1.46. The minimum Gasteiger partial charge on any atom is -0.489 e. The van der Waals surface area contributed by atoms with Gasteiger partial charge in [0.15, 0.2) is 16.6 Å². The molecule has 1 aliphatic rings. The number of anilines is 1. The zero-order chi connectivity index (χ0) is 20.4. The van der Waals surface area contributed by atoms with Crippen molar-refractivity contribution in [1.82, 2.24) is 15.3 Å². The van der Waals surface area contributed by atoms with Gasteiger partial charge in [0.2, 0.25) is 0 Å². The molecule has 1 unspecified atom stereocenters. The van der Waals surface area contributed by atoms with Crippen molar-refractivity contribution in [2.75, 3.05) is 5.32 Å². The summed E-state index contributed by atoms with van der Waals surface area (Å²) in [6.45, 7) is 3.82. The Morgan fingerprint density at radius 1 is 1.28 bits per heavy atom. The molecule has 0 saturated heterocycles. The van der Waals surface area contributed by atoms with Crippen LogP contribution in [0.4, 0.5) is 9.52 Å². The summed E-state index contributed by atoms with van der Waals surface area (Å²) in [5, 5.41) is 7.25. The Hall–Kier alpha value is -2.74. The van der Waals surface area contributed by atoms with Crippen LogP contribution in [-0.2, 0) is 0 Å². The van der Waals surface area contributed by atoms with Crippen LogP contribution in [0.25, 0.3) is 10.2 Å². The van der Waals surface area contributed by atoms with Gasteiger partial charge in [0.1, 0.15) is 5.82 Å². The fourth-order valence-electron chi connectivity index (χ4n) is 3.57. The number of aromatic nitrogens is 2. The number of benzene rings is 1. The van der Waals surface area contributed by atoms with E-state index >= 15 is 0 Å². The average molecular weight is 415 g/mol. The molecular weight excluding hydrogens is 391 g/mol. The Kier molecular flexibility index (Phi) is 5.62. The minimum absolute atomic E-state index is 0.0415. The molecule has 0 radical (unpaired) electrons. The van der Waals surface area contributed by atoms with Crippen LogP contribution in [0.3, 0.4) is 0 Å². The Labute approximate surface area is 172 Å². The number of nitrogens with one attached hydrogen (secondary N) is 2. The van der Waals surface area contributed by atoms with Gasteiger partial charge < -0.3 is 15.4 Å². The minimum atomic E-state index is -0.270. The lowest BCUT2D eigenvalue weighted by atomic mass is 10.1. The number of carbonyl (C=O) groups is 1. The molecule has 2 heterocycles. The molecular formula is C21H23FN4O2S. The monoisotopic (exact) mass is 414 g/mol. The Bertz CT molecular complexity index is 1020. The molecule has 0 bridgehead atoms. The fourth-order valence-corrected chi connectivity index (χ4v) is 4.52. The number of halogens is 1. The molecule has 8 heteroatoms. The molecule has 0 aliphatic heterocycles. The van der Waals surface area contributed by atoms with Crippen molar-refractivity contribution >= 4 is 32.6 Å². The van der Waals surface area contributed by atoms with Crippen molar-refractivity contribution in [1.29, 1.82) is 0 Å². The number of ether oxygens (including phenoxy) is 1. The van der Waals surface area contributed by atoms with Crippen LogP contribution in [0.15, 0.2) is 36.5 Å². The standard InChI is InChI=1S/C21H23FN4O2S/c1-12(2)28-17-7-4-10-23-19(17)20(27)24-14-5-3-6-15(14)25-21-26-16-9-8-13(22)11-18(16)29-21/h4,7-12,14-15H,3,5-6H2,1-2H3,(H,24,27)(H,25,26)/t14?,15-/m0/s1. The van der Waals surface area contributed by atoms with E-state index in [1.165, 1.54) is 23.5 Å². The van der Waals surface area contributed by atoms with Crippen LogP contribution in [0.1, 0.15) is 43.6 Å². The first kappa shape index (κ1) is 19.6. The van der Waals surface area contributed by atoms with Crippen molar-refractivity contribution in [3.05, 3.63) is 48.0 Å². The van der Waals surface area contributed by atoms with Crippen molar-refractivity contribution in [2.24, 2.45) is 0 Å². The molecule has 6 nitrogen and oxygen atoms in total. The van der Waals surface area contributed by atoms with Gasteiger partial charge >= 0.3 is 0 Å². The maximum Gasteiger partial charge on any atom is 0.274 e. The maximum absolute atomic E-state index is 13.4. The first-order valence-electron chi connectivity index (χ1n) is 9.75. The first-order valence-corrected chi connectivity index (χ1v) is 10.6. The molecule has 1 fully saturated rings. The summed E-state index contributed by atoms with van der Waals surface area (Å²) in [6.07, 6.45) is 4.34. The van der Waals surface area contributed by atoms with Crippen LogP contribution in [0.5, 0.6) is 5.75 Å². The van der Waals surface area contributed by atoms with Crippen molar-refractivity contribution < 1.29 is 13.9 Å². The molecule has 1 aliphatic carbocycles. The third-order valence-corrected chi connectivity index (χ3v) is 5.79. The number of hydrogen-bond acceptors (Lipinski definition) is 6. The van der Waals surface area contributed by atoms with Gasteiger partial charge in [-0.1, -0.05) is 11.3 Å². The van der Waals surface area contributed by atoms with E-state index in [4.69, 9.17) is 4.74 Å². The number of nitrogens with zero attached hydrogens (tertiary/aromatic N) is 2. The molecule has 4 rings (SSSR count). The van der Waals surface area contributed by atoms with Gasteiger partial charge in [-0.3, -0.25) is 4.79 Å². The number of rotatable bonds is 6. The summed E-state index contributed by atoms with van der Waals surface area (Å²) in [6, 6.07) is 8.11. The highest BCUT2D eigenvalue weighted by Crippen LogP contribution is 2.30. The third-order valence-electron chi connectivity index (χ3n) is 4.84. The second kappa shape index (κ2) is 8.32. The fraction of sp³-hybridized carbons (Fsp3) is 0.381. The largest absolute Gasteiger partial charge is 0.489 e. The van der Waals surface area contributed by atoms with Crippen LogP contribution in [-0.4, -0.2) is 34.1 Å². The van der Waals surface area contributed by atoms with Crippen molar-refractivity contribution in [3.63, 3.8) is 0 Å². The molecule has 2 aromatic heterocycles. The molecule has 29 heavy (non-hydrogen) atoms. The predicted molar refractivity (Wildman–Crippen MR) is 112 cm³/mol. The van der Waals surface area contributed by atoms with E-state index in [0.717, 1.165) is 34.6 Å². The Morgan fingerprint density at radius 3 is 2.93 bits per heavy atom. The molecule has 2 atom stereocenters. The lowest BCUT2D eigenvalue weighted by Gasteiger charge is -2.22. The zero-order valence-electron chi connectivity index (χ0n) is 16.3. The molecule has 1 amide bonds. The molecule has 1 saturated carbocycles. The highest BCUT2D eigenvalue weighted by molar-refractivity contribution is 7.22. The topological polar surface area (TPSA) is 76.1 Å². The van der Waals surface area contributed by atoms with Gasteiger partial charge in [0.25, 0.3) is 5.91 Å². The second-order valence-electron chi connectivity index (χ2n) is 7.41. The van der Waals surface area contributed by atoms with Crippen molar-refractivity contribution in [3.8, 4) is 5.75 Å². The summed E-state index contributed by atoms with van der Waals surface area (Å²) in [5.74, 6) is -0.0319. The smallest absolute Gasteiger partial charge is 0.274 e. The summed E-state index contributed by atoms with van der Waals surface area (Å²) in [4.78, 5) is 21.6. The van der Waals surface area contributed by atoms with Crippen molar-refractivity contribution in [2.45, 2.75) is 51.3 Å². The average Bonchev–Trinajstić information content (AvgIpc) is 3.27. The number of carbonyl (C=O) groups excluding carboxylic acids is 1. The number of thiazole rings is 1. The number of amides is 1. The first-order chi connectivity index (χ1) is 14.0. The summed E-state index contributed by atoms with van der Waals surface area (Å²) < 4.78 is 19.9. The van der Waals surface area contributed by atoms with Crippen LogP contribution in [0, 0.1) is 5.82 Å². The lowest BCUT2D eigenvalue weighted by Crippen LogP contribution is -2.43. The van der Waals surface area contributed by atoms with E-state index in [9.17, 15) is 9.18 Å². The quantitative estimate of drug-likeness (QED) is 0.626. The summed E-state index contributed by atoms with van der Waals surface area (Å²) >= 11 is 1.42. The van der Waals surface area contributed by atoms with Crippen LogP contribution < -0.4 is 15.4 Å². The summed E-state index contributed by atoms with van der Waals surface area (Å²) in [5.41, 5.74) is 1.06. The predicted octanol–water partition coefficient (Wildman–Crippen LogP) is 4.38. The van der Waals surface area contributed by atoms with E-state index in [2.05, 4.69) is 20.6 Å². The SMILES string of the molecule is CC(C)Oc1cccnc1C(=O)NC1CCC[C@@H]1Nc1nc2ccc(F)cc2s1. The molecule has 0 spiro atoms. The third kappa shape index (κ3) is 4.48. The van der Waals surface area contributed by atoms with E-state index < -0.39 is 0 Å². The van der Waals surface area contributed by atoms with Gasteiger partial charge in [-0.05, 0) is 63.4 Å².